The maximum Gasteiger partial charge on any atom is 0.337 e. The Morgan fingerprint density at radius 2 is 1.93 bits per heavy atom. The van der Waals surface area contributed by atoms with Crippen LogP contribution < -0.4 is 4.74 Å². The van der Waals surface area contributed by atoms with E-state index in [1.165, 1.54) is 6.20 Å². The van der Waals surface area contributed by atoms with E-state index < -0.39 is 14.0 Å². The molecule has 0 atom stereocenters. The summed E-state index contributed by atoms with van der Waals surface area (Å²) >= 11 is 0. The number of nitrogens with zero attached hydrogens (tertiary/aromatic N) is 3. The highest BCUT2D eigenvalue weighted by molar-refractivity contribution is 6.76. The van der Waals surface area contributed by atoms with Crippen LogP contribution in [-0.2, 0) is 11.5 Å². The normalized spacial score (nSPS) is 11.8. The van der Waals surface area contributed by atoms with E-state index in [-0.39, 0.29) is 5.56 Å². The topological polar surface area (TPSA) is 86.5 Å². The van der Waals surface area contributed by atoms with Gasteiger partial charge in [0.05, 0.1) is 24.4 Å². The number of pyridine rings is 1. The summed E-state index contributed by atoms with van der Waals surface area (Å²) in [5.74, 6) is -0.449. The molecule has 0 amide bonds. The van der Waals surface area contributed by atoms with Crippen molar-refractivity contribution in [1.29, 1.82) is 0 Å². The lowest BCUT2D eigenvalue weighted by molar-refractivity contribution is 0.0697. The first-order chi connectivity index (χ1) is 13.7. The monoisotopic (exact) mass is 413 g/mol. The Labute approximate surface area is 171 Å². The second-order valence-electron chi connectivity index (χ2n) is 8.28. The molecule has 0 bridgehead atoms. The number of aromatic carboxylic acids is 1. The third kappa shape index (κ3) is 4.83. The molecule has 29 heavy (non-hydrogen) atoms. The lowest BCUT2D eigenvalue weighted by atomic mass is 9.98. The second kappa shape index (κ2) is 8.34. The average Bonchev–Trinajstić information content (AvgIpc) is 3.05. The Bertz CT molecular complexity index is 1040. The quantitative estimate of drug-likeness (QED) is 0.434. The van der Waals surface area contributed by atoms with Crippen molar-refractivity contribution >= 4 is 24.9 Å². The second-order valence-corrected chi connectivity index (χ2v) is 13.9. The first kappa shape index (κ1) is 21.0. The molecule has 0 saturated carbocycles. The minimum absolute atomic E-state index is 0.135. The number of aryl methyl sites for hydroxylation is 1. The van der Waals surface area contributed by atoms with Crippen LogP contribution in [0.25, 0.3) is 22.0 Å². The fraction of sp³-hybridized carbons (Fsp3) is 0.381. The number of fused-ring (bicyclic) bond motifs is 1. The largest absolute Gasteiger partial charge is 0.496 e. The highest BCUT2D eigenvalue weighted by Gasteiger charge is 2.18. The van der Waals surface area contributed by atoms with E-state index in [2.05, 4.69) is 29.7 Å². The zero-order valence-electron chi connectivity index (χ0n) is 17.5. The van der Waals surface area contributed by atoms with E-state index in [1.54, 1.807) is 24.1 Å². The molecular weight excluding hydrogens is 386 g/mol. The fourth-order valence-electron chi connectivity index (χ4n) is 3.07. The summed E-state index contributed by atoms with van der Waals surface area (Å²) in [6.07, 6.45) is 3.14. The number of methoxy groups -OCH3 is 1. The molecular formula is C21H27N3O4Si. The van der Waals surface area contributed by atoms with Gasteiger partial charge in [-0.05, 0) is 25.1 Å². The number of carboxylic acid groups (broad SMARTS) is 1. The van der Waals surface area contributed by atoms with Crippen molar-refractivity contribution < 1.29 is 19.4 Å². The minimum Gasteiger partial charge on any atom is -0.496 e. The van der Waals surface area contributed by atoms with Crippen molar-refractivity contribution in [3.63, 3.8) is 0 Å². The Morgan fingerprint density at radius 1 is 1.17 bits per heavy atom. The van der Waals surface area contributed by atoms with Crippen LogP contribution in [0.3, 0.4) is 0 Å². The maximum absolute atomic E-state index is 11.7. The molecule has 0 unspecified atom stereocenters. The van der Waals surface area contributed by atoms with Gasteiger partial charge in [0.1, 0.15) is 12.5 Å². The van der Waals surface area contributed by atoms with Crippen molar-refractivity contribution in [2.24, 2.45) is 0 Å². The van der Waals surface area contributed by atoms with Crippen molar-refractivity contribution in [3.05, 3.63) is 41.9 Å². The van der Waals surface area contributed by atoms with Gasteiger partial charge in [-0.1, -0.05) is 19.6 Å². The van der Waals surface area contributed by atoms with Gasteiger partial charge >= 0.3 is 5.97 Å². The zero-order chi connectivity index (χ0) is 21.2. The summed E-state index contributed by atoms with van der Waals surface area (Å²) in [4.78, 5) is 15.8. The third-order valence-corrected chi connectivity index (χ3v) is 6.44. The van der Waals surface area contributed by atoms with Gasteiger partial charge in [0, 0.05) is 49.2 Å². The van der Waals surface area contributed by atoms with Crippen LogP contribution in [0.2, 0.25) is 25.7 Å². The van der Waals surface area contributed by atoms with Gasteiger partial charge in [0.2, 0.25) is 0 Å². The van der Waals surface area contributed by atoms with Gasteiger partial charge in [-0.25, -0.2) is 9.48 Å². The number of benzene rings is 1. The van der Waals surface area contributed by atoms with E-state index in [4.69, 9.17) is 9.47 Å². The molecule has 7 nitrogen and oxygen atoms in total. The standard InChI is InChI=1S/C21H27N3O4Si/c1-14-8-16(18(12-22-14)21(25)26)17-9-15-11-23-24(19(15)10-20(17)27-2)13-28-6-7-29(3,4)5/h8-12H,6-7,13H2,1-5H3,(H,25,26). The number of rotatable bonds is 8. The van der Waals surface area contributed by atoms with Crippen LogP contribution in [-0.4, -0.2) is 47.6 Å². The lowest BCUT2D eigenvalue weighted by Crippen LogP contribution is -2.22. The molecule has 1 N–H and O–H groups in total. The van der Waals surface area contributed by atoms with Gasteiger partial charge in [-0.2, -0.15) is 5.10 Å². The fourth-order valence-corrected chi connectivity index (χ4v) is 3.83. The Morgan fingerprint density at radius 3 is 2.59 bits per heavy atom. The maximum atomic E-state index is 11.7. The highest BCUT2D eigenvalue weighted by Crippen LogP contribution is 2.36. The third-order valence-electron chi connectivity index (χ3n) is 4.73. The molecule has 0 fully saturated rings. The number of carbonyl (C=O) groups is 1. The predicted molar refractivity (Wildman–Crippen MR) is 115 cm³/mol. The molecule has 0 aliphatic rings. The summed E-state index contributed by atoms with van der Waals surface area (Å²) in [6.45, 7) is 9.86. The molecule has 0 saturated heterocycles. The van der Waals surface area contributed by atoms with E-state index in [1.807, 2.05) is 19.1 Å². The molecule has 3 aromatic rings. The SMILES string of the molecule is COc1cc2c(cnn2COCC[Si](C)(C)C)cc1-c1cc(C)ncc1C(=O)O. The molecule has 0 radical (unpaired) electrons. The van der Waals surface area contributed by atoms with Crippen LogP contribution in [0, 0.1) is 6.92 Å². The zero-order valence-corrected chi connectivity index (χ0v) is 18.5. The Balaban J connectivity index is 1.96. The molecule has 0 spiro atoms. The number of ether oxygens (including phenoxy) is 2. The van der Waals surface area contributed by atoms with Crippen molar-refractivity contribution in [3.8, 4) is 16.9 Å². The van der Waals surface area contributed by atoms with E-state index in [0.29, 0.717) is 30.2 Å². The van der Waals surface area contributed by atoms with Gasteiger partial charge in [0.15, 0.2) is 0 Å². The summed E-state index contributed by atoms with van der Waals surface area (Å²) in [5.41, 5.74) is 3.01. The van der Waals surface area contributed by atoms with Gasteiger partial charge in [-0.15, -0.1) is 0 Å². The number of hydrogen-bond acceptors (Lipinski definition) is 5. The smallest absolute Gasteiger partial charge is 0.337 e. The number of hydrogen-bond donors (Lipinski definition) is 1. The Kier molecular flexibility index (Phi) is 6.04. The first-order valence-corrected chi connectivity index (χ1v) is 13.2. The molecule has 8 heteroatoms. The Hall–Kier alpha value is -2.71. The molecule has 154 valence electrons. The van der Waals surface area contributed by atoms with Gasteiger partial charge in [0.25, 0.3) is 0 Å². The van der Waals surface area contributed by atoms with Gasteiger partial charge in [-0.3, -0.25) is 4.98 Å². The van der Waals surface area contributed by atoms with E-state index in [0.717, 1.165) is 22.6 Å². The molecule has 0 aliphatic carbocycles. The molecule has 2 heterocycles. The van der Waals surface area contributed by atoms with Crippen molar-refractivity contribution in [2.75, 3.05) is 13.7 Å². The molecule has 0 aliphatic heterocycles. The predicted octanol–water partition coefficient (Wildman–Crippen LogP) is 4.43. The average molecular weight is 414 g/mol. The van der Waals surface area contributed by atoms with E-state index >= 15 is 0 Å². The van der Waals surface area contributed by atoms with Crippen LogP contribution in [0.4, 0.5) is 0 Å². The molecule has 1 aromatic carbocycles. The minimum atomic E-state index is -1.14. The molecule has 3 rings (SSSR count). The van der Waals surface area contributed by atoms with E-state index in [9.17, 15) is 9.90 Å². The first-order valence-electron chi connectivity index (χ1n) is 9.51. The number of aromatic nitrogens is 3. The highest BCUT2D eigenvalue weighted by atomic mass is 28.3. The lowest BCUT2D eigenvalue weighted by Gasteiger charge is -2.16. The van der Waals surface area contributed by atoms with Crippen LogP contribution in [0.5, 0.6) is 5.75 Å². The van der Waals surface area contributed by atoms with Crippen LogP contribution in [0.1, 0.15) is 16.1 Å². The van der Waals surface area contributed by atoms with Gasteiger partial charge < -0.3 is 14.6 Å². The summed E-state index contributed by atoms with van der Waals surface area (Å²) in [5, 5.41) is 14.9. The molecule has 2 aromatic heterocycles. The van der Waals surface area contributed by atoms with Crippen LogP contribution >= 0.6 is 0 Å². The van der Waals surface area contributed by atoms with Crippen molar-refractivity contribution in [2.45, 2.75) is 39.3 Å². The van der Waals surface area contributed by atoms with Crippen LogP contribution in [0.15, 0.2) is 30.6 Å². The summed E-state index contributed by atoms with van der Waals surface area (Å²) < 4.78 is 13.2. The van der Waals surface area contributed by atoms with Crippen molar-refractivity contribution in [1.82, 2.24) is 14.8 Å². The summed E-state index contributed by atoms with van der Waals surface area (Å²) in [6, 6.07) is 6.64. The summed E-state index contributed by atoms with van der Waals surface area (Å²) in [7, 11) is 0.434. The number of carboxylic acids is 1.